The molecule has 1 aliphatic rings. The second-order valence-electron chi connectivity index (χ2n) is 7.98. The Morgan fingerprint density at radius 3 is 2.74 bits per heavy atom. The van der Waals surface area contributed by atoms with Crippen LogP contribution in [0.15, 0.2) is 47.4 Å². The molecule has 0 bridgehead atoms. The smallest absolute Gasteiger partial charge is 0.258 e. The molecule has 5 rings (SSSR count). The number of aromatic nitrogens is 3. The topological polar surface area (TPSA) is 64.8 Å². The molecule has 0 unspecified atom stereocenters. The Morgan fingerprint density at radius 1 is 1.13 bits per heavy atom. The third-order valence-electron chi connectivity index (χ3n) is 6.09. The van der Waals surface area contributed by atoms with Gasteiger partial charge in [-0.2, -0.15) is 0 Å². The minimum atomic E-state index is -0.206. The predicted octanol–water partition coefficient (Wildman–Crippen LogP) is 5.04. The van der Waals surface area contributed by atoms with Crippen molar-refractivity contribution >= 4 is 45.8 Å². The normalized spacial score (nSPS) is 15.4. The van der Waals surface area contributed by atoms with E-state index in [2.05, 4.69) is 19.9 Å². The van der Waals surface area contributed by atoms with Crippen molar-refractivity contribution in [2.75, 3.05) is 19.6 Å². The summed E-state index contributed by atoms with van der Waals surface area (Å²) in [6.45, 7) is 2.81. The van der Waals surface area contributed by atoms with Crippen molar-refractivity contribution in [1.82, 2.24) is 19.9 Å². The molecule has 1 aliphatic heterocycles. The van der Waals surface area contributed by atoms with E-state index in [4.69, 9.17) is 11.6 Å². The number of rotatable bonds is 4. The number of fused-ring (bicyclic) bond motifs is 2. The third-order valence-corrected chi connectivity index (χ3v) is 6.32. The van der Waals surface area contributed by atoms with Crippen LogP contribution in [0.4, 0.5) is 4.39 Å². The minimum absolute atomic E-state index is 0. The zero-order chi connectivity index (χ0) is 20.7. The predicted molar refractivity (Wildman–Crippen MR) is 125 cm³/mol. The van der Waals surface area contributed by atoms with E-state index in [1.165, 1.54) is 6.07 Å². The fourth-order valence-corrected chi connectivity index (χ4v) is 4.56. The van der Waals surface area contributed by atoms with Crippen LogP contribution in [0, 0.1) is 5.82 Å². The van der Waals surface area contributed by atoms with Crippen molar-refractivity contribution in [3.05, 3.63) is 75.2 Å². The number of H-pyrrole nitrogens is 2. The van der Waals surface area contributed by atoms with E-state index >= 15 is 0 Å². The number of halogens is 3. The summed E-state index contributed by atoms with van der Waals surface area (Å²) in [5.74, 6) is 0.781. The summed E-state index contributed by atoms with van der Waals surface area (Å²) < 4.78 is 13.6. The fraction of sp³-hybridized carbons (Fsp3) is 0.304. The molecule has 2 aromatic carbocycles. The molecule has 2 N–H and O–H groups in total. The van der Waals surface area contributed by atoms with Crippen LogP contribution in [0.3, 0.4) is 0 Å². The lowest BCUT2D eigenvalue weighted by Gasteiger charge is -2.31. The van der Waals surface area contributed by atoms with Crippen molar-refractivity contribution < 1.29 is 4.39 Å². The Kier molecular flexibility index (Phi) is 6.32. The average Bonchev–Trinajstić information content (AvgIpc) is 3.14. The zero-order valence-corrected chi connectivity index (χ0v) is 18.4. The van der Waals surface area contributed by atoms with Gasteiger partial charge in [-0.3, -0.25) is 4.79 Å². The van der Waals surface area contributed by atoms with E-state index in [1.807, 2.05) is 6.20 Å². The summed E-state index contributed by atoms with van der Waals surface area (Å²) >= 11 is 6.07. The molecule has 162 valence electrons. The molecule has 0 amide bonds. The van der Waals surface area contributed by atoms with Crippen molar-refractivity contribution in [1.29, 1.82) is 0 Å². The molecule has 1 saturated heterocycles. The van der Waals surface area contributed by atoms with Gasteiger partial charge in [-0.15, -0.1) is 12.4 Å². The number of aromatic amines is 2. The number of benzene rings is 2. The SMILES string of the molecule is Cl.O=c1[nH]c(C2CCN(CCc3c[nH]c4ccc(F)cc34)CC2)nc2cc(Cl)ccc12. The molecule has 31 heavy (non-hydrogen) atoms. The van der Waals surface area contributed by atoms with Gasteiger partial charge in [0.25, 0.3) is 5.56 Å². The van der Waals surface area contributed by atoms with E-state index < -0.39 is 0 Å². The summed E-state index contributed by atoms with van der Waals surface area (Å²) in [5, 5.41) is 2.11. The van der Waals surface area contributed by atoms with Gasteiger partial charge in [0.1, 0.15) is 11.6 Å². The number of nitrogens with one attached hydrogen (secondary N) is 2. The fourth-order valence-electron chi connectivity index (χ4n) is 4.39. The van der Waals surface area contributed by atoms with Crippen LogP contribution in [-0.4, -0.2) is 39.5 Å². The van der Waals surface area contributed by atoms with Crippen molar-refractivity contribution in [2.24, 2.45) is 0 Å². The van der Waals surface area contributed by atoms with E-state index in [9.17, 15) is 9.18 Å². The largest absolute Gasteiger partial charge is 0.361 e. The van der Waals surface area contributed by atoms with Crippen LogP contribution in [0.1, 0.15) is 30.1 Å². The number of hydrogen-bond donors (Lipinski definition) is 2. The Morgan fingerprint density at radius 2 is 1.94 bits per heavy atom. The first-order chi connectivity index (χ1) is 14.6. The Labute approximate surface area is 190 Å². The molecule has 5 nitrogen and oxygen atoms in total. The monoisotopic (exact) mass is 460 g/mol. The van der Waals surface area contributed by atoms with Crippen LogP contribution in [0.25, 0.3) is 21.8 Å². The number of nitrogens with zero attached hydrogens (tertiary/aromatic N) is 2. The Hall–Kier alpha value is -2.41. The Balaban J connectivity index is 0.00000231. The van der Waals surface area contributed by atoms with Gasteiger partial charge in [0.15, 0.2) is 0 Å². The molecule has 0 spiro atoms. The lowest BCUT2D eigenvalue weighted by Crippen LogP contribution is -2.35. The Bertz CT molecular complexity index is 1280. The van der Waals surface area contributed by atoms with Crippen LogP contribution in [0.2, 0.25) is 5.02 Å². The molecule has 0 aliphatic carbocycles. The second-order valence-corrected chi connectivity index (χ2v) is 8.42. The van der Waals surface area contributed by atoms with Crippen LogP contribution >= 0.6 is 24.0 Å². The molecule has 0 radical (unpaired) electrons. The van der Waals surface area contributed by atoms with Crippen molar-refractivity contribution in [3.63, 3.8) is 0 Å². The summed E-state index contributed by atoms with van der Waals surface area (Å²) in [4.78, 5) is 25.7. The van der Waals surface area contributed by atoms with Gasteiger partial charge in [0, 0.05) is 34.6 Å². The summed E-state index contributed by atoms with van der Waals surface area (Å²) in [5.41, 5.74) is 2.65. The number of hydrogen-bond acceptors (Lipinski definition) is 3. The van der Waals surface area contributed by atoms with Gasteiger partial charge in [-0.05, 0) is 74.3 Å². The lowest BCUT2D eigenvalue weighted by atomic mass is 9.95. The van der Waals surface area contributed by atoms with Gasteiger partial charge in [-0.25, -0.2) is 9.37 Å². The van der Waals surface area contributed by atoms with E-state index in [-0.39, 0.29) is 29.7 Å². The molecule has 3 heterocycles. The molecular formula is C23H23Cl2FN4O. The maximum atomic E-state index is 13.6. The van der Waals surface area contributed by atoms with E-state index in [1.54, 1.807) is 30.3 Å². The van der Waals surface area contributed by atoms with E-state index in [0.717, 1.165) is 61.2 Å². The maximum absolute atomic E-state index is 13.6. The second kappa shape index (κ2) is 8.99. The summed E-state index contributed by atoms with van der Waals surface area (Å²) in [6, 6.07) is 10.0. The molecule has 1 fully saturated rings. The summed E-state index contributed by atoms with van der Waals surface area (Å²) in [6.07, 6.45) is 4.73. The quantitative estimate of drug-likeness (QED) is 0.448. The molecule has 0 atom stereocenters. The zero-order valence-electron chi connectivity index (χ0n) is 16.8. The highest BCUT2D eigenvalue weighted by molar-refractivity contribution is 6.31. The van der Waals surface area contributed by atoms with Gasteiger partial charge in [-0.1, -0.05) is 11.6 Å². The summed E-state index contributed by atoms with van der Waals surface area (Å²) in [7, 11) is 0. The van der Waals surface area contributed by atoms with Gasteiger partial charge >= 0.3 is 0 Å². The molecule has 2 aromatic heterocycles. The molecule has 0 saturated carbocycles. The minimum Gasteiger partial charge on any atom is -0.361 e. The van der Waals surface area contributed by atoms with E-state index in [0.29, 0.717) is 15.9 Å². The first kappa shape index (κ1) is 21.8. The number of likely N-dealkylation sites (tertiary alicyclic amines) is 1. The highest BCUT2D eigenvalue weighted by atomic mass is 35.5. The first-order valence-corrected chi connectivity index (χ1v) is 10.6. The van der Waals surface area contributed by atoms with Gasteiger partial charge in [0.2, 0.25) is 0 Å². The van der Waals surface area contributed by atoms with Crippen molar-refractivity contribution in [3.8, 4) is 0 Å². The lowest BCUT2D eigenvalue weighted by molar-refractivity contribution is 0.211. The van der Waals surface area contributed by atoms with Gasteiger partial charge in [0.05, 0.1) is 10.9 Å². The van der Waals surface area contributed by atoms with Gasteiger partial charge < -0.3 is 14.9 Å². The molecule has 8 heteroatoms. The van der Waals surface area contributed by atoms with Crippen molar-refractivity contribution in [2.45, 2.75) is 25.2 Å². The standard InChI is InChI=1S/C23H22ClFN4O.ClH/c24-16-1-3-18-21(11-16)27-22(28-23(18)30)14-5-8-29(9-6-14)10-7-15-13-26-20-4-2-17(25)12-19(15)20;/h1-4,11-14,26H,5-10H2,(H,27,28,30);1H. The average molecular weight is 461 g/mol. The third kappa shape index (κ3) is 4.47. The number of piperidine rings is 1. The van der Waals surface area contributed by atoms with Crippen LogP contribution < -0.4 is 5.56 Å². The highest BCUT2D eigenvalue weighted by Crippen LogP contribution is 2.27. The molecule has 4 aromatic rings. The van der Waals surface area contributed by atoms with Crippen LogP contribution in [-0.2, 0) is 6.42 Å². The van der Waals surface area contributed by atoms with Crippen LogP contribution in [0.5, 0.6) is 0 Å². The maximum Gasteiger partial charge on any atom is 0.258 e. The highest BCUT2D eigenvalue weighted by Gasteiger charge is 2.23. The first-order valence-electron chi connectivity index (χ1n) is 10.2. The molecular weight excluding hydrogens is 438 g/mol.